The summed E-state index contributed by atoms with van der Waals surface area (Å²) in [4.78, 5) is 15.5. The van der Waals surface area contributed by atoms with Gasteiger partial charge >= 0.3 is 0 Å². The van der Waals surface area contributed by atoms with Crippen molar-refractivity contribution in [2.24, 2.45) is 0 Å². The summed E-state index contributed by atoms with van der Waals surface area (Å²) in [6.07, 6.45) is 0. The highest BCUT2D eigenvalue weighted by molar-refractivity contribution is 5.98. The van der Waals surface area contributed by atoms with E-state index in [0.29, 0.717) is 17.5 Å². The molecule has 0 amide bonds. The Morgan fingerprint density at radius 2 is 0.603 bits per heavy atom. The van der Waals surface area contributed by atoms with Crippen molar-refractivity contribution in [2.75, 3.05) is 0 Å². The summed E-state index contributed by atoms with van der Waals surface area (Å²) in [5.41, 5.74) is 14.2. The summed E-state index contributed by atoms with van der Waals surface area (Å²) in [7, 11) is 0. The minimum atomic E-state index is 0.616. The van der Waals surface area contributed by atoms with Gasteiger partial charge in [-0.1, -0.05) is 200 Å². The largest absolute Gasteiger partial charge is 0.208 e. The molecule has 0 aliphatic carbocycles. The van der Waals surface area contributed by atoms with Crippen molar-refractivity contribution < 1.29 is 0 Å². The minimum absolute atomic E-state index is 0.616. The van der Waals surface area contributed by atoms with Crippen LogP contribution in [0.2, 0.25) is 0 Å². The Labute approximate surface area is 338 Å². The van der Waals surface area contributed by atoms with Gasteiger partial charge in [0.05, 0.1) is 0 Å². The molecule has 272 valence electrons. The van der Waals surface area contributed by atoms with Crippen LogP contribution in [0.3, 0.4) is 0 Å². The minimum Gasteiger partial charge on any atom is -0.208 e. The Bertz CT molecular complexity index is 2940. The molecule has 1 heterocycles. The molecule has 0 saturated carbocycles. The van der Waals surface area contributed by atoms with Crippen molar-refractivity contribution in [3.63, 3.8) is 0 Å². The predicted molar refractivity (Wildman–Crippen MR) is 241 cm³/mol. The number of aromatic nitrogens is 3. The number of benzene rings is 9. The normalized spacial score (nSPS) is 11.1. The fraction of sp³-hybridized carbons (Fsp3) is 0. The van der Waals surface area contributed by atoms with Crippen LogP contribution in [0.15, 0.2) is 224 Å². The zero-order valence-electron chi connectivity index (χ0n) is 31.7. The van der Waals surface area contributed by atoms with E-state index in [1.54, 1.807) is 0 Å². The maximum absolute atomic E-state index is 5.19. The molecule has 9 aromatic carbocycles. The highest BCUT2D eigenvalue weighted by Gasteiger charge is 2.17. The molecular formula is C55H37N3. The van der Waals surface area contributed by atoms with Crippen molar-refractivity contribution in [1.82, 2.24) is 15.0 Å². The van der Waals surface area contributed by atoms with Crippen LogP contribution in [-0.4, -0.2) is 15.0 Å². The van der Waals surface area contributed by atoms with Crippen LogP contribution in [0, 0.1) is 0 Å². The first-order valence-electron chi connectivity index (χ1n) is 19.6. The monoisotopic (exact) mass is 739 g/mol. The van der Waals surface area contributed by atoms with E-state index in [4.69, 9.17) is 15.0 Å². The molecule has 0 spiro atoms. The average molecular weight is 740 g/mol. The number of hydrogen-bond acceptors (Lipinski definition) is 3. The maximum Gasteiger partial charge on any atom is 0.164 e. The molecule has 0 aliphatic rings. The Balaban J connectivity index is 1.12. The number of fused-ring (bicyclic) bond motifs is 1. The van der Waals surface area contributed by atoms with Gasteiger partial charge in [0.25, 0.3) is 0 Å². The van der Waals surface area contributed by atoms with E-state index in [1.165, 1.54) is 21.9 Å². The summed E-state index contributed by atoms with van der Waals surface area (Å²) >= 11 is 0. The fourth-order valence-corrected chi connectivity index (χ4v) is 7.82. The molecule has 0 radical (unpaired) electrons. The van der Waals surface area contributed by atoms with Crippen molar-refractivity contribution >= 4 is 10.8 Å². The second-order valence-electron chi connectivity index (χ2n) is 14.4. The van der Waals surface area contributed by atoms with E-state index >= 15 is 0 Å². The van der Waals surface area contributed by atoms with Gasteiger partial charge in [-0.15, -0.1) is 0 Å². The predicted octanol–water partition coefficient (Wildman–Crippen LogP) is 14.4. The smallest absolute Gasteiger partial charge is 0.164 e. The molecule has 0 bridgehead atoms. The van der Waals surface area contributed by atoms with E-state index in [-0.39, 0.29) is 0 Å². The Hall–Kier alpha value is -7.75. The van der Waals surface area contributed by atoms with Gasteiger partial charge in [0, 0.05) is 16.7 Å². The Morgan fingerprint density at radius 1 is 0.207 bits per heavy atom. The van der Waals surface area contributed by atoms with E-state index < -0.39 is 0 Å². The van der Waals surface area contributed by atoms with Crippen LogP contribution in [0.4, 0.5) is 0 Å². The molecular weight excluding hydrogens is 703 g/mol. The quantitative estimate of drug-likeness (QED) is 0.156. The summed E-state index contributed by atoms with van der Waals surface area (Å²) in [6, 6.07) is 78.9. The van der Waals surface area contributed by atoms with Crippen molar-refractivity contribution in [3.05, 3.63) is 224 Å². The van der Waals surface area contributed by atoms with Crippen LogP contribution >= 0.6 is 0 Å². The third-order valence-corrected chi connectivity index (χ3v) is 10.7. The van der Waals surface area contributed by atoms with Crippen LogP contribution < -0.4 is 0 Å². The third-order valence-electron chi connectivity index (χ3n) is 10.7. The Morgan fingerprint density at radius 3 is 1.17 bits per heavy atom. The second kappa shape index (κ2) is 15.4. The van der Waals surface area contributed by atoms with Crippen molar-refractivity contribution in [2.45, 2.75) is 0 Å². The molecule has 1 aromatic heterocycles. The number of nitrogens with zero attached hydrogens (tertiary/aromatic N) is 3. The van der Waals surface area contributed by atoms with Crippen LogP contribution in [0.25, 0.3) is 101 Å². The lowest BCUT2D eigenvalue weighted by molar-refractivity contribution is 1.07. The molecule has 0 saturated heterocycles. The van der Waals surface area contributed by atoms with E-state index in [0.717, 1.165) is 61.2 Å². The van der Waals surface area contributed by atoms with Crippen molar-refractivity contribution in [1.29, 1.82) is 0 Å². The summed E-state index contributed by atoms with van der Waals surface area (Å²) in [5.74, 6) is 1.86. The van der Waals surface area contributed by atoms with Gasteiger partial charge in [0.15, 0.2) is 17.5 Å². The number of hydrogen-bond donors (Lipinski definition) is 0. The fourth-order valence-electron chi connectivity index (χ4n) is 7.82. The summed E-state index contributed by atoms with van der Waals surface area (Å²) < 4.78 is 0. The molecule has 0 aliphatic heterocycles. The molecule has 3 heteroatoms. The zero-order chi connectivity index (χ0) is 38.7. The molecule has 0 unspecified atom stereocenters. The molecule has 10 aromatic rings. The van der Waals surface area contributed by atoms with E-state index in [9.17, 15) is 0 Å². The lowest BCUT2D eigenvalue weighted by Crippen LogP contribution is -2.00. The first-order chi connectivity index (χ1) is 28.7. The maximum atomic E-state index is 5.19. The van der Waals surface area contributed by atoms with E-state index in [2.05, 4.69) is 212 Å². The number of rotatable bonds is 8. The summed E-state index contributed by atoms with van der Waals surface area (Å²) in [6.45, 7) is 0. The second-order valence-corrected chi connectivity index (χ2v) is 14.4. The lowest BCUT2D eigenvalue weighted by atomic mass is 9.89. The first kappa shape index (κ1) is 34.7. The highest BCUT2D eigenvalue weighted by atomic mass is 15.0. The first-order valence-corrected chi connectivity index (χ1v) is 19.6. The lowest BCUT2D eigenvalue weighted by Gasteiger charge is -2.15. The highest BCUT2D eigenvalue weighted by Crippen LogP contribution is 2.39. The Kier molecular flexibility index (Phi) is 9.23. The van der Waals surface area contributed by atoms with Gasteiger partial charge in [-0.05, 0) is 90.7 Å². The van der Waals surface area contributed by atoms with Gasteiger partial charge in [0.1, 0.15) is 0 Å². The van der Waals surface area contributed by atoms with Gasteiger partial charge in [-0.25, -0.2) is 15.0 Å². The molecule has 0 atom stereocenters. The standard InChI is InChI=1S/C55H37N3/c1-4-16-38(17-5-1)42-24-12-27-46(34-42)53-56-54(47-28-13-25-43(35-47)39-18-6-2-7-19-39)58-55(57-53)48-29-14-26-44(36-48)51-33-32-45(37-52(51)41-20-8-3-9-21-41)50-31-15-23-40-22-10-11-30-49(40)50/h1-37H. The zero-order valence-corrected chi connectivity index (χ0v) is 31.7. The van der Waals surface area contributed by atoms with E-state index in [1.807, 2.05) is 12.1 Å². The molecule has 0 N–H and O–H groups in total. The summed E-state index contributed by atoms with van der Waals surface area (Å²) in [5, 5.41) is 2.47. The SMILES string of the molecule is c1ccc(-c2cccc(-c3nc(-c4cccc(-c5ccccc5)c4)nc(-c4cccc(-c5ccc(-c6cccc7ccccc67)cc5-c5ccccc5)c4)n3)c2)cc1. The van der Waals surface area contributed by atoms with Gasteiger partial charge in [0.2, 0.25) is 0 Å². The topological polar surface area (TPSA) is 38.7 Å². The van der Waals surface area contributed by atoms with Gasteiger partial charge in [-0.3, -0.25) is 0 Å². The van der Waals surface area contributed by atoms with Crippen LogP contribution in [-0.2, 0) is 0 Å². The van der Waals surface area contributed by atoms with Gasteiger partial charge in [-0.2, -0.15) is 0 Å². The third kappa shape index (κ3) is 6.98. The molecule has 0 fully saturated rings. The molecule has 3 nitrogen and oxygen atoms in total. The molecule has 10 rings (SSSR count). The van der Waals surface area contributed by atoms with Crippen molar-refractivity contribution in [3.8, 4) is 89.8 Å². The average Bonchev–Trinajstić information content (AvgIpc) is 3.32. The molecule has 58 heavy (non-hydrogen) atoms. The van der Waals surface area contributed by atoms with Gasteiger partial charge < -0.3 is 0 Å². The van der Waals surface area contributed by atoms with Crippen LogP contribution in [0.1, 0.15) is 0 Å². The van der Waals surface area contributed by atoms with Crippen LogP contribution in [0.5, 0.6) is 0 Å².